The summed E-state index contributed by atoms with van der Waals surface area (Å²) in [6, 6.07) is 10.2. The summed E-state index contributed by atoms with van der Waals surface area (Å²) in [5.74, 6) is 0. The first kappa shape index (κ1) is 16.7. The molecule has 0 atom stereocenters. The molecule has 22 heavy (non-hydrogen) atoms. The Kier molecular flexibility index (Phi) is 6.64. The van der Waals surface area contributed by atoms with E-state index in [9.17, 15) is 4.79 Å². The quantitative estimate of drug-likeness (QED) is 0.715. The summed E-state index contributed by atoms with van der Waals surface area (Å²) in [4.78, 5) is 11.7. The molecular formula is C16H24N2O4. The molecule has 122 valence electrons. The number of amides is 1. The van der Waals surface area contributed by atoms with Crippen LogP contribution in [0.15, 0.2) is 30.3 Å². The Morgan fingerprint density at radius 3 is 2.50 bits per heavy atom. The number of carbonyl (C=O) groups excluding carboxylic acids is 1. The van der Waals surface area contributed by atoms with Gasteiger partial charge in [-0.15, -0.1) is 0 Å². The Hall–Kier alpha value is -1.63. The van der Waals surface area contributed by atoms with Crippen LogP contribution in [-0.2, 0) is 20.8 Å². The van der Waals surface area contributed by atoms with Crippen LogP contribution in [0.2, 0.25) is 0 Å². The van der Waals surface area contributed by atoms with E-state index in [1.807, 2.05) is 30.3 Å². The van der Waals surface area contributed by atoms with Crippen molar-refractivity contribution in [2.24, 2.45) is 0 Å². The summed E-state index contributed by atoms with van der Waals surface area (Å²) < 4.78 is 15.4. The van der Waals surface area contributed by atoms with E-state index in [-0.39, 0.29) is 18.4 Å². The molecule has 1 aliphatic carbocycles. The fourth-order valence-corrected chi connectivity index (χ4v) is 2.36. The average molecular weight is 308 g/mol. The van der Waals surface area contributed by atoms with E-state index in [0.29, 0.717) is 19.2 Å². The van der Waals surface area contributed by atoms with Crippen molar-refractivity contribution in [3.8, 4) is 0 Å². The Labute approximate surface area is 131 Å². The third-order valence-corrected chi connectivity index (χ3v) is 3.77. The minimum atomic E-state index is -0.362. The Morgan fingerprint density at radius 2 is 1.86 bits per heavy atom. The van der Waals surface area contributed by atoms with Gasteiger partial charge in [-0.2, -0.15) is 0 Å². The highest BCUT2D eigenvalue weighted by atomic mass is 16.7. The molecular weight excluding hydrogens is 284 g/mol. The lowest BCUT2D eigenvalue weighted by molar-refractivity contribution is -0.101. The van der Waals surface area contributed by atoms with Gasteiger partial charge in [0.1, 0.15) is 6.61 Å². The Balaban J connectivity index is 1.56. The van der Waals surface area contributed by atoms with Gasteiger partial charge in [0, 0.05) is 32.8 Å². The molecule has 0 aliphatic heterocycles. The van der Waals surface area contributed by atoms with Crippen molar-refractivity contribution < 1.29 is 19.0 Å². The van der Waals surface area contributed by atoms with Crippen molar-refractivity contribution in [1.82, 2.24) is 10.6 Å². The maximum atomic E-state index is 11.7. The molecule has 0 heterocycles. The third-order valence-electron chi connectivity index (χ3n) is 3.77. The molecule has 2 N–H and O–H groups in total. The molecule has 1 amide bonds. The maximum absolute atomic E-state index is 11.7. The zero-order chi connectivity index (χ0) is 15.8. The summed E-state index contributed by atoms with van der Waals surface area (Å²) in [6.45, 7) is 0.938. The highest BCUT2D eigenvalue weighted by molar-refractivity contribution is 5.67. The first-order valence-electron chi connectivity index (χ1n) is 7.47. The smallest absolute Gasteiger partial charge is 0.407 e. The summed E-state index contributed by atoms with van der Waals surface area (Å²) in [5, 5.41) is 6.21. The van der Waals surface area contributed by atoms with Crippen LogP contribution in [-0.4, -0.2) is 45.2 Å². The van der Waals surface area contributed by atoms with Crippen molar-refractivity contribution in [1.29, 1.82) is 0 Å². The van der Waals surface area contributed by atoms with Gasteiger partial charge in [0.15, 0.2) is 6.29 Å². The molecule has 0 spiro atoms. The molecule has 1 fully saturated rings. The highest BCUT2D eigenvalue weighted by Gasteiger charge is 2.30. The molecule has 1 aliphatic rings. The van der Waals surface area contributed by atoms with Crippen molar-refractivity contribution in [2.45, 2.75) is 37.8 Å². The molecule has 0 saturated heterocycles. The van der Waals surface area contributed by atoms with E-state index in [2.05, 4.69) is 10.6 Å². The number of ether oxygens (including phenoxy) is 3. The normalized spacial score (nSPS) is 20.5. The Bertz CT molecular complexity index is 445. The number of rotatable bonds is 8. The van der Waals surface area contributed by atoms with Gasteiger partial charge < -0.3 is 24.8 Å². The number of carbonyl (C=O) groups is 1. The second-order valence-corrected chi connectivity index (χ2v) is 5.38. The number of hydrogen-bond acceptors (Lipinski definition) is 5. The standard InChI is InChI=1S/C16H24N2O4/c1-20-15(21-2)10-17-13-8-14(9-13)18-16(19)22-11-12-6-4-3-5-7-12/h3-7,13-15,17H,8-11H2,1-2H3,(H,18,19). The van der Waals surface area contributed by atoms with Gasteiger partial charge in [-0.25, -0.2) is 4.79 Å². The van der Waals surface area contributed by atoms with Crippen molar-refractivity contribution in [2.75, 3.05) is 20.8 Å². The van der Waals surface area contributed by atoms with Gasteiger partial charge >= 0.3 is 6.09 Å². The van der Waals surface area contributed by atoms with Crippen molar-refractivity contribution >= 4 is 6.09 Å². The van der Waals surface area contributed by atoms with Crippen LogP contribution < -0.4 is 10.6 Å². The van der Waals surface area contributed by atoms with E-state index in [4.69, 9.17) is 14.2 Å². The van der Waals surface area contributed by atoms with Gasteiger partial charge in [0.2, 0.25) is 0 Å². The average Bonchev–Trinajstić information content (AvgIpc) is 2.52. The molecule has 0 unspecified atom stereocenters. The third kappa shape index (κ3) is 5.29. The highest BCUT2D eigenvalue weighted by Crippen LogP contribution is 2.20. The molecule has 0 bridgehead atoms. The molecule has 6 heteroatoms. The fraction of sp³-hybridized carbons (Fsp3) is 0.562. The first-order valence-corrected chi connectivity index (χ1v) is 7.47. The first-order chi connectivity index (χ1) is 10.7. The molecule has 6 nitrogen and oxygen atoms in total. The number of nitrogens with one attached hydrogen (secondary N) is 2. The second kappa shape index (κ2) is 8.73. The van der Waals surface area contributed by atoms with E-state index in [0.717, 1.165) is 18.4 Å². The maximum Gasteiger partial charge on any atom is 0.407 e. The largest absolute Gasteiger partial charge is 0.445 e. The van der Waals surface area contributed by atoms with Crippen LogP contribution in [0.4, 0.5) is 4.79 Å². The van der Waals surface area contributed by atoms with Gasteiger partial charge in [-0.1, -0.05) is 30.3 Å². The van der Waals surface area contributed by atoms with Crippen molar-refractivity contribution in [3.63, 3.8) is 0 Å². The zero-order valence-electron chi connectivity index (χ0n) is 13.1. The van der Waals surface area contributed by atoms with Gasteiger partial charge in [0.25, 0.3) is 0 Å². The topological polar surface area (TPSA) is 68.8 Å². The van der Waals surface area contributed by atoms with Crippen molar-refractivity contribution in [3.05, 3.63) is 35.9 Å². The molecule has 2 rings (SSSR count). The van der Waals surface area contributed by atoms with Gasteiger partial charge in [-0.05, 0) is 18.4 Å². The zero-order valence-corrected chi connectivity index (χ0v) is 13.1. The number of hydrogen-bond donors (Lipinski definition) is 2. The van der Waals surface area contributed by atoms with Crippen LogP contribution in [0.25, 0.3) is 0 Å². The van der Waals surface area contributed by atoms with E-state index in [1.54, 1.807) is 14.2 Å². The molecule has 0 radical (unpaired) electrons. The van der Waals surface area contributed by atoms with E-state index >= 15 is 0 Å². The van der Waals surface area contributed by atoms with Crippen LogP contribution >= 0.6 is 0 Å². The van der Waals surface area contributed by atoms with Gasteiger partial charge in [0.05, 0.1) is 0 Å². The summed E-state index contributed by atoms with van der Waals surface area (Å²) >= 11 is 0. The minimum Gasteiger partial charge on any atom is -0.445 e. The summed E-state index contributed by atoms with van der Waals surface area (Å²) in [6.07, 6.45) is 1.18. The minimum absolute atomic E-state index is 0.171. The monoisotopic (exact) mass is 308 g/mol. The van der Waals surface area contributed by atoms with Crippen LogP contribution in [0.1, 0.15) is 18.4 Å². The lowest BCUT2D eigenvalue weighted by Crippen LogP contribution is -2.53. The number of alkyl carbamates (subject to hydrolysis) is 1. The van der Waals surface area contributed by atoms with Crippen LogP contribution in [0.5, 0.6) is 0 Å². The molecule has 0 aromatic heterocycles. The SMILES string of the molecule is COC(CNC1CC(NC(=O)OCc2ccccc2)C1)OC. The summed E-state index contributed by atoms with van der Waals surface area (Å²) in [5.41, 5.74) is 0.982. The van der Waals surface area contributed by atoms with E-state index in [1.165, 1.54) is 0 Å². The number of methoxy groups -OCH3 is 2. The predicted octanol–water partition coefficient (Wildman–Crippen LogP) is 1.65. The predicted molar refractivity (Wildman–Crippen MR) is 82.4 cm³/mol. The Morgan fingerprint density at radius 1 is 1.18 bits per heavy atom. The molecule has 1 saturated carbocycles. The summed E-state index contributed by atoms with van der Waals surface area (Å²) in [7, 11) is 3.23. The van der Waals surface area contributed by atoms with Crippen LogP contribution in [0, 0.1) is 0 Å². The second-order valence-electron chi connectivity index (χ2n) is 5.38. The van der Waals surface area contributed by atoms with Gasteiger partial charge in [-0.3, -0.25) is 0 Å². The lowest BCUT2D eigenvalue weighted by atomic mass is 9.87. The van der Waals surface area contributed by atoms with Crippen LogP contribution in [0.3, 0.4) is 0 Å². The fourth-order valence-electron chi connectivity index (χ4n) is 2.36. The van der Waals surface area contributed by atoms with E-state index < -0.39 is 0 Å². The lowest BCUT2D eigenvalue weighted by Gasteiger charge is -2.36. The molecule has 1 aromatic carbocycles. The number of benzene rings is 1. The molecule has 1 aromatic rings.